The zero-order valence-electron chi connectivity index (χ0n) is 24.8. The number of ether oxygens (including phenoxy) is 6. The van der Waals surface area contributed by atoms with E-state index in [-0.39, 0.29) is 29.8 Å². The van der Waals surface area contributed by atoms with Gasteiger partial charge >= 0.3 is 12.1 Å². The maximum Gasteiger partial charge on any atom is 0.414 e. The number of hydrogen-bond donors (Lipinski definition) is 0. The quantitative estimate of drug-likeness (QED) is 0.359. The van der Waals surface area contributed by atoms with E-state index in [2.05, 4.69) is 0 Å². The first kappa shape index (κ1) is 31.3. The highest BCUT2D eigenvalue weighted by Crippen LogP contribution is 2.35. The molecule has 2 aliphatic rings. The van der Waals surface area contributed by atoms with Gasteiger partial charge in [-0.3, -0.25) is 9.69 Å². The Bertz CT molecular complexity index is 1160. The number of carbonyl (C=O) groups excluding carboxylic acids is 3. The van der Waals surface area contributed by atoms with Crippen LogP contribution in [-0.2, 0) is 28.5 Å². The van der Waals surface area contributed by atoms with Gasteiger partial charge < -0.3 is 28.4 Å². The third-order valence-electron chi connectivity index (χ3n) is 6.44. The standard InChI is InChI=1S/C30H41NO9/c1-18-13-14-22(32)26-23(38-30(6,7)39-26)12-10-11-20-15-21(31(8)28(34)40-29(3,4)5)16-24(36-17-35-9)25(20)27(33)37-19(18)2/h10-11,13-16,18-19,23,26H,12,17H2,1-9H3/b11-10+,14-13-/t18-,19+,23?,26?/m1/s1. The molecule has 1 aromatic carbocycles. The van der Waals surface area contributed by atoms with E-state index < -0.39 is 41.8 Å². The number of rotatable bonds is 4. The Balaban J connectivity index is 2.12. The average molecular weight is 560 g/mol. The van der Waals surface area contributed by atoms with Crippen LogP contribution in [0.25, 0.3) is 6.08 Å². The van der Waals surface area contributed by atoms with Gasteiger partial charge in [0, 0.05) is 26.1 Å². The number of fused-ring (bicyclic) bond motifs is 2. The Morgan fingerprint density at radius 3 is 2.48 bits per heavy atom. The van der Waals surface area contributed by atoms with Crippen LogP contribution in [0, 0.1) is 5.92 Å². The van der Waals surface area contributed by atoms with Crippen LogP contribution >= 0.6 is 0 Å². The number of hydrogen-bond acceptors (Lipinski definition) is 9. The third kappa shape index (κ3) is 7.93. The summed E-state index contributed by atoms with van der Waals surface area (Å²) in [6.45, 7) is 12.3. The normalized spacial score (nSPS) is 26.5. The number of anilines is 1. The van der Waals surface area contributed by atoms with Crippen LogP contribution in [0.5, 0.6) is 5.75 Å². The molecule has 40 heavy (non-hydrogen) atoms. The van der Waals surface area contributed by atoms with E-state index in [1.165, 1.54) is 18.1 Å². The van der Waals surface area contributed by atoms with Gasteiger partial charge in [-0.25, -0.2) is 9.59 Å². The van der Waals surface area contributed by atoms with Gasteiger partial charge in [-0.2, -0.15) is 0 Å². The predicted octanol–water partition coefficient (Wildman–Crippen LogP) is 5.28. The smallest absolute Gasteiger partial charge is 0.414 e. The molecule has 3 rings (SSSR count). The highest BCUT2D eigenvalue weighted by molar-refractivity contribution is 5.99. The average Bonchev–Trinajstić information content (AvgIpc) is 3.17. The Hall–Kier alpha value is -3.21. The number of cyclic esters (lactones) is 1. The van der Waals surface area contributed by atoms with Gasteiger partial charge in [0.25, 0.3) is 0 Å². The molecule has 0 aromatic heterocycles. The molecule has 1 fully saturated rings. The lowest BCUT2D eigenvalue weighted by Gasteiger charge is -2.26. The van der Waals surface area contributed by atoms with Crippen molar-refractivity contribution in [1.29, 1.82) is 0 Å². The van der Waals surface area contributed by atoms with Crippen molar-refractivity contribution in [2.24, 2.45) is 5.92 Å². The Kier molecular flexibility index (Phi) is 9.81. The minimum atomic E-state index is -0.930. The molecule has 220 valence electrons. The highest BCUT2D eigenvalue weighted by atomic mass is 16.8. The van der Waals surface area contributed by atoms with Crippen molar-refractivity contribution in [2.45, 2.75) is 84.6 Å². The first-order valence-corrected chi connectivity index (χ1v) is 13.3. The Morgan fingerprint density at radius 2 is 1.82 bits per heavy atom. The number of carbonyl (C=O) groups is 3. The fourth-order valence-corrected chi connectivity index (χ4v) is 4.25. The fourth-order valence-electron chi connectivity index (χ4n) is 4.25. The lowest BCUT2D eigenvalue weighted by Crippen LogP contribution is -2.34. The number of esters is 1. The van der Waals surface area contributed by atoms with Crippen molar-refractivity contribution in [3.8, 4) is 5.75 Å². The molecule has 0 radical (unpaired) electrons. The van der Waals surface area contributed by atoms with E-state index >= 15 is 0 Å². The molecule has 0 bridgehead atoms. The van der Waals surface area contributed by atoms with Crippen LogP contribution in [0.1, 0.15) is 70.8 Å². The van der Waals surface area contributed by atoms with Crippen molar-refractivity contribution in [2.75, 3.05) is 25.9 Å². The fraction of sp³-hybridized carbons (Fsp3) is 0.567. The molecule has 0 N–H and O–H groups in total. The highest BCUT2D eigenvalue weighted by Gasteiger charge is 2.43. The lowest BCUT2D eigenvalue weighted by atomic mass is 9.99. The number of nitrogens with zero attached hydrogens (tertiary/aromatic N) is 1. The molecule has 0 aliphatic carbocycles. The molecular formula is C30H41NO9. The van der Waals surface area contributed by atoms with Gasteiger partial charge in [-0.1, -0.05) is 25.2 Å². The van der Waals surface area contributed by atoms with Gasteiger partial charge in [0.05, 0.1) is 11.8 Å². The van der Waals surface area contributed by atoms with E-state index in [1.807, 2.05) is 6.92 Å². The van der Waals surface area contributed by atoms with Crippen molar-refractivity contribution >= 4 is 29.6 Å². The summed E-state index contributed by atoms with van der Waals surface area (Å²) in [7, 11) is 3.03. The predicted molar refractivity (Wildman–Crippen MR) is 149 cm³/mol. The minimum absolute atomic E-state index is 0.135. The summed E-state index contributed by atoms with van der Waals surface area (Å²) in [4.78, 5) is 40.7. The molecule has 10 nitrogen and oxygen atoms in total. The summed E-state index contributed by atoms with van der Waals surface area (Å²) < 4.78 is 34.2. The monoisotopic (exact) mass is 559 g/mol. The molecule has 0 spiro atoms. The van der Waals surface area contributed by atoms with Crippen LogP contribution in [0.2, 0.25) is 0 Å². The number of methoxy groups -OCH3 is 1. The van der Waals surface area contributed by atoms with E-state index in [0.29, 0.717) is 17.7 Å². The van der Waals surface area contributed by atoms with E-state index in [1.54, 1.807) is 79.0 Å². The van der Waals surface area contributed by atoms with Crippen LogP contribution in [0.3, 0.4) is 0 Å². The van der Waals surface area contributed by atoms with Crippen LogP contribution in [0.4, 0.5) is 10.5 Å². The second-order valence-corrected chi connectivity index (χ2v) is 11.5. The van der Waals surface area contributed by atoms with Crippen molar-refractivity contribution < 1.29 is 42.8 Å². The van der Waals surface area contributed by atoms with Crippen LogP contribution in [0.15, 0.2) is 30.4 Å². The van der Waals surface area contributed by atoms with Crippen LogP contribution in [-0.4, -0.2) is 68.5 Å². The molecule has 1 aromatic rings. The van der Waals surface area contributed by atoms with Crippen LogP contribution < -0.4 is 9.64 Å². The maximum absolute atomic E-state index is 13.5. The molecule has 1 saturated heterocycles. The van der Waals surface area contributed by atoms with E-state index in [0.717, 1.165) is 0 Å². The van der Waals surface area contributed by atoms with Crippen molar-refractivity contribution in [3.05, 3.63) is 41.5 Å². The summed E-state index contributed by atoms with van der Waals surface area (Å²) in [6, 6.07) is 3.24. The second-order valence-electron chi connectivity index (χ2n) is 11.5. The van der Waals surface area contributed by atoms with Gasteiger partial charge in [-0.05, 0) is 65.7 Å². The zero-order valence-corrected chi connectivity index (χ0v) is 24.8. The van der Waals surface area contributed by atoms with Gasteiger partial charge in [0.15, 0.2) is 18.4 Å². The van der Waals surface area contributed by atoms with Gasteiger partial charge in [0.1, 0.15) is 29.1 Å². The largest absolute Gasteiger partial charge is 0.467 e. The molecule has 1 amide bonds. The third-order valence-corrected chi connectivity index (χ3v) is 6.44. The van der Waals surface area contributed by atoms with Crippen molar-refractivity contribution in [3.63, 3.8) is 0 Å². The Morgan fingerprint density at radius 1 is 1.12 bits per heavy atom. The van der Waals surface area contributed by atoms with Gasteiger partial charge in [-0.15, -0.1) is 0 Å². The second kappa shape index (κ2) is 12.5. The molecule has 4 atom stereocenters. The SMILES string of the molecule is COCOc1cc(N(C)C(=O)OC(C)(C)C)cc2c1C(=O)O[C@@H](C)[C@H](C)/C=C\C(=O)C1OC(C)(C)OC1C/C=C/2. The van der Waals surface area contributed by atoms with Crippen molar-refractivity contribution in [1.82, 2.24) is 0 Å². The summed E-state index contributed by atoms with van der Waals surface area (Å²) in [5, 5.41) is 0. The van der Waals surface area contributed by atoms with Gasteiger partial charge in [0.2, 0.25) is 0 Å². The summed E-state index contributed by atoms with van der Waals surface area (Å²) >= 11 is 0. The molecule has 2 aliphatic heterocycles. The zero-order chi connectivity index (χ0) is 29.8. The molecular weight excluding hydrogens is 518 g/mol. The number of ketones is 1. The van der Waals surface area contributed by atoms with E-state index in [4.69, 9.17) is 28.4 Å². The molecule has 10 heteroatoms. The topological polar surface area (TPSA) is 110 Å². The molecule has 0 saturated carbocycles. The summed E-state index contributed by atoms with van der Waals surface area (Å²) in [5.74, 6) is -1.86. The first-order valence-electron chi connectivity index (χ1n) is 13.3. The Labute approximate surface area is 236 Å². The molecule has 2 heterocycles. The summed E-state index contributed by atoms with van der Waals surface area (Å²) in [5.41, 5.74) is 0.338. The van der Waals surface area contributed by atoms with E-state index in [9.17, 15) is 14.4 Å². The number of benzene rings is 1. The maximum atomic E-state index is 13.5. The minimum Gasteiger partial charge on any atom is -0.467 e. The first-order chi connectivity index (χ1) is 18.6. The number of amides is 1. The lowest BCUT2D eigenvalue weighted by molar-refractivity contribution is -0.152. The summed E-state index contributed by atoms with van der Waals surface area (Å²) in [6.07, 6.45) is 4.54. The molecule has 2 unspecified atom stereocenters.